The number of rotatable bonds is 9. The number of methoxy groups -OCH3 is 3. The lowest BCUT2D eigenvalue weighted by molar-refractivity contribution is -0.132. The van der Waals surface area contributed by atoms with Crippen molar-refractivity contribution in [1.82, 2.24) is 9.78 Å². The van der Waals surface area contributed by atoms with Gasteiger partial charge >= 0.3 is 5.97 Å². The third-order valence-corrected chi connectivity index (χ3v) is 7.31. The number of nitrogens with one attached hydrogen (secondary N) is 1. The first kappa shape index (κ1) is 30.9. The van der Waals surface area contributed by atoms with E-state index in [4.69, 9.17) is 24.0 Å². The van der Waals surface area contributed by atoms with Crippen molar-refractivity contribution < 1.29 is 28.5 Å². The predicted molar refractivity (Wildman–Crippen MR) is 174 cm³/mol. The van der Waals surface area contributed by atoms with Gasteiger partial charge in [0, 0.05) is 23.7 Å². The molecule has 5 aromatic rings. The van der Waals surface area contributed by atoms with Crippen LogP contribution in [0.25, 0.3) is 28.1 Å². The number of nitrogens with zero attached hydrogens (tertiary/aromatic N) is 2. The van der Waals surface area contributed by atoms with Gasteiger partial charge in [-0.15, -0.1) is 0 Å². The highest BCUT2D eigenvalue weighted by Crippen LogP contribution is 2.46. The first-order chi connectivity index (χ1) is 21.6. The maximum Gasteiger partial charge on any atom is 0.309 e. The van der Waals surface area contributed by atoms with Crippen LogP contribution in [0.3, 0.4) is 0 Å². The van der Waals surface area contributed by atoms with E-state index in [0.717, 1.165) is 22.4 Å². The SMILES string of the molecule is COc1cc(-c2nn(-c3ccc(C)cc3C)c(OC(C)=O)c2-c2ccc(NC(=O)c3cccc(C)c3)cc2)cc(OC)c1OC. The van der Waals surface area contributed by atoms with Crippen molar-refractivity contribution in [2.75, 3.05) is 26.6 Å². The van der Waals surface area contributed by atoms with Crippen molar-refractivity contribution in [3.8, 4) is 51.2 Å². The van der Waals surface area contributed by atoms with Crippen LogP contribution in [0.15, 0.2) is 78.9 Å². The molecule has 0 unspecified atom stereocenters. The lowest BCUT2D eigenvalue weighted by Crippen LogP contribution is -2.11. The van der Waals surface area contributed by atoms with Gasteiger partial charge in [-0.3, -0.25) is 9.59 Å². The molecular weight excluding hydrogens is 570 g/mol. The van der Waals surface area contributed by atoms with E-state index >= 15 is 0 Å². The Morgan fingerprint density at radius 2 is 1.42 bits per heavy atom. The van der Waals surface area contributed by atoms with Gasteiger partial charge in [-0.2, -0.15) is 9.78 Å². The monoisotopic (exact) mass is 605 g/mol. The molecule has 45 heavy (non-hydrogen) atoms. The molecule has 1 amide bonds. The average Bonchev–Trinajstić information content (AvgIpc) is 3.38. The first-order valence-electron chi connectivity index (χ1n) is 14.3. The first-order valence-corrected chi connectivity index (χ1v) is 14.3. The normalized spacial score (nSPS) is 10.7. The standard InChI is InChI=1S/C36H35N3O6/c1-21-9-8-10-26(18-21)35(41)37-28-14-12-25(13-15-28)32-33(27-19-30(42-5)34(44-7)31(20-27)43-6)38-39(36(32)45-24(4)40)29-16-11-22(2)17-23(29)3/h8-20H,1-7H3,(H,37,41). The van der Waals surface area contributed by atoms with Gasteiger partial charge < -0.3 is 24.3 Å². The van der Waals surface area contributed by atoms with E-state index in [2.05, 4.69) is 5.32 Å². The molecule has 0 aliphatic carbocycles. The minimum atomic E-state index is -0.499. The Balaban J connectivity index is 1.70. The van der Waals surface area contributed by atoms with Gasteiger partial charge in [-0.25, -0.2) is 0 Å². The summed E-state index contributed by atoms with van der Waals surface area (Å²) in [5, 5.41) is 7.97. The Kier molecular flexibility index (Phi) is 8.90. The Bertz CT molecular complexity index is 1870. The molecule has 0 spiro atoms. The summed E-state index contributed by atoms with van der Waals surface area (Å²) in [5.74, 6) is 0.862. The molecule has 0 bridgehead atoms. The van der Waals surface area contributed by atoms with Crippen LogP contribution < -0.4 is 24.3 Å². The summed E-state index contributed by atoms with van der Waals surface area (Å²) < 4.78 is 24.4. The number of carbonyl (C=O) groups is 2. The van der Waals surface area contributed by atoms with Crippen LogP contribution in [0.1, 0.15) is 34.0 Å². The topological polar surface area (TPSA) is 101 Å². The second kappa shape index (κ2) is 13.0. The molecular formula is C36H35N3O6. The van der Waals surface area contributed by atoms with Crippen molar-refractivity contribution >= 4 is 17.6 Å². The molecule has 4 aromatic carbocycles. The molecule has 230 valence electrons. The number of aromatic nitrogens is 2. The van der Waals surface area contributed by atoms with E-state index in [-0.39, 0.29) is 11.8 Å². The minimum Gasteiger partial charge on any atom is -0.493 e. The number of ether oxygens (including phenoxy) is 4. The fourth-order valence-corrected chi connectivity index (χ4v) is 5.23. The third-order valence-electron chi connectivity index (χ3n) is 7.31. The maximum atomic E-state index is 12.9. The number of aryl methyl sites for hydroxylation is 3. The molecule has 0 atom stereocenters. The lowest BCUT2D eigenvalue weighted by atomic mass is 10.00. The molecule has 1 N–H and O–H groups in total. The van der Waals surface area contributed by atoms with Crippen LogP contribution in [-0.4, -0.2) is 43.0 Å². The van der Waals surface area contributed by atoms with E-state index in [9.17, 15) is 9.59 Å². The number of amides is 1. The Morgan fingerprint density at radius 3 is 2.00 bits per heavy atom. The zero-order valence-corrected chi connectivity index (χ0v) is 26.3. The van der Waals surface area contributed by atoms with Crippen LogP contribution in [0, 0.1) is 20.8 Å². The van der Waals surface area contributed by atoms with E-state index in [1.54, 1.807) is 56.3 Å². The molecule has 0 saturated carbocycles. The van der Waals surface area contributed by atoms with Gasteiger partial charge in [-0.05, 0) is 74.4 Å². The fraction of sp³-hybridized carbons (Fsp3) is 0.194. The molecule has 0 fully saturated rings. The Hall–Kier alpha value is -5.57. The molecule has 5 rings (SSSR count). The van der Waals surface area contributed by atoms with E-state index in [0.29, 0.717) is 50.9 Å². The number of esters is 1. The summed E-state index contributed by atoms with van der Waals surface area (Å²) in [5.41, 5.74) is 7.39. The van der Waals surface area contributed by atoms with Crippen molar-refractivity contribution in [2.24, 2.45) is 0 Å². The molecule has 9 nitrogen and oxygen atoms in total. The molecule has 0 saturated heterocycles. The summed E-state index contributed by atoms with van der Waals surface area (Å²) in [6.45, 7) is 7.28. The van der Waals surface area contributed by atoms with Crippen LogP contribution in [-0.2, 0) is 4.79 Å². The van der Waals surface area contributed by atoms with Crippen molar-refractivity contribution in [1.29, 1.82) is 0 Å². The van der Waals surface area contributed by atoms with Crippen molar-refractivity contribution in [3.05, 3.63) is 101 Å². The van der Waals surface area contributed by atoms with Gasteiger partial charge in [0.2, 0.25) is 11.6 Å². The largest absolute Gasteiger partial charge is 0.493 e. The quantitative estimate of drug-likeness (QED) is 0.176. The lowest BCUT2D eigenvalue weighted by Gasteiger charge is -2.14. The van der Waals surface area contributed by atoms with Gasteiger partial charge in [0.05, 0.1) is 32.6 Å². The second-order valence-electron chi connectivity index (χ2n) is 10.6. The van der Waals surface area contributed by atoms with Gasteiger partial charge in [0.25, 0.3) is 5.91 Å². The van der Waals surface area contributed by atoms with Crippen LogP contribution in [0.2, 0.25) is 0 Å². The van der Waals surface area contributed by atoms with Crippen molar-refractivity contribution in [2.45, 2.75) is 27.7 Å². The summed E-state index contributed by atoms with van der Waals surface area (Å²) >= 11 is 0. The highest BCUT2D eigenvalue weighted by Gasteiger charge is 2.27. The van der Waals surface area contributed by atoms with Crippen LogP contribution in [0.5, 0.6) is 23.1 Å². The van der Waals surface area contributed by atoms with Gasteiger partial charge in [0.15, 0.2) is 11.5 Å². The molecule has 1 aromatic heterocycles. The maximum absolute atomic E-state index is 12.9. The number of anilines is 1. The zero-order valence-electron chi connectivity index (χ0n) is 26.3. The minimum absolute atomic E-state index is 0.215. The Labute approximate surface area is 262 Å². The molecule has 0 aliphatic rings. The smallest absolute Gasteiger partial charge is 0.309 e. The highest BCUT2D eigenvalue weighted by molar-refractivity contribution is 6.04. The van der Waals surface area contributed by atoms with Crippen LogP contribution >= 0.6 is 0 Å². The Morgan fingerprint density at radius 1 is 0.756 bits per heavy atom. The third kappa shape index (κ3) is 6.38. The summed E-state index contributed by atoms with van der Waals surface area (Å²) in [4.78, 5) is 25.4. The number of carbonyl (C=O) groups excluding carboxylic acids is 2. The van der Waals surface area contributed by atoms with Crippen LogP contribution in [0.4, 0.5) is 5.69 Å². The molecule has 9 heteroatoms. The van der Waals surface area contributed by atoms with Gasteiger partial charge in [-0.1, -0.05) is 47.5 Å². The highest BCUT2D eigenvalue weighted by atomic mass is 16.5. The summed E-state index contributed by atoms with van der Waals surface area (Å²) in [6.07, 6.45) is 0. The average molecular weight is 606 g/mol. The molecule has 0 aliphatic heterocycles. The van der Waals surface area contributed by atoms with Gasteiger partial charge in [0.1, 0.15) is 5.69 Å². The summed E-state index contributed by atoms with van der Waals surface area (Å²) in [6, 6.07) is 24.3. The number of hydrogen-bond acceptors (Lipinski definition) is 7. The number of benzene rings is 4. The molecule has 0 radical (unpaired) electrons. The van der Waals surface area contributed by atoms with Crippen molar-refractivity contribution in [3.63, 3.8) is 0 Å². The fourth-order valence-electron chi connectivity index (χ4n) is 5.23. The number of hydrogen-bond donors (Lipinski definition) is 1. The zero-order chi connectivity index (χ0) is 32.2. The van der Waals surface area contributed by atoms with E-state index in [1.807, 2.05) is 69.3 Å². The van der Waals surface area contributed by atoms with E-state index in [1.165, 1.54) is 6.92 Å². The van der Waals surface area contributed by atoms with E-state index < -0.39 is 5.97 Å². The predicted octanol–water partition coefficient (Wildman–Crippen LogP) is 7.33. The molecule has 1 heterocycles. The second-order valence-corrected chi connectivity index (χ2v) is 10.6. The summed E-state index contributed by atoms with van der Waals surface area (Å²) in [7, 11) is 4.63.